The number of anilines is 1. The Hall–Kier alpha value is -2.86. The molecule has 1 atom stereocenters. The number of carbonyl (C=O) groups is 2. The molecule has 164 valence electrons. The first-order valence-electron chi connectivity index (χ1n) is 11.2. The number of nitrogens with one attached hydrogen (secondary N) is 3. The van der Waals surface area contributed by atoms with Crippen molar-refractivity contribution in [2.24, 2.45) is 5.92 Å². The van der Waals surface area contributed by atoms with Gasteiger partial charge in [-0.05, 0) is 61.4 Å². The molecule has 2 fully saturated rings. The predicted octanol–water partition coefficient (Wildman–Crippen LogP) is 4.05. The standard InChI is InChI=1S/C25H31N3O3/c1-31-20-14-12-18(13-15-20)24(17-10-11-17)26-16-23(29)28-22-9-5-4-8-21(22)25(30)27-19-6-2-3-7-19/h4-5,8-9,12-15,17,19,24,26H,2-3,6-7,10-11,16H2,1H3,(H,27,30)(H,28,29). The van der Waals surface area contributed by atoms with Gasteiger partial charge in [0.05, 0.1) is 24.9 Å². The summed E-state index contributed by atoms with van der Waals surface area (Å²) in [6.07, 6.45) is 6.69. The molecule has 2 aliphatic rings. The van der Waals surface area contributed by atoms with Crippen molar-refractivity contribution in [3.63, 3.8) is 0 Å². The summed E-state index contributed by atoms with van der Waals surface area (Å²) in [6.45, 7) is 0.186. The van der Waals surface area contributed by atoms with Gasteiger partial charge in [0.25, 0.3) is 5.91 Å². The van der Waals surface area contributed by atoms with Gasteiger partial charge in [-0.15, -0.1) is 0 Å². The van der Waals surface area contributed by atoms with Crippen molar-refractivity contribution in [3.8, 4) is 5.75 Å². The van der Waals surface area contributed by atoms with E-state index in [-0.39, 0.29) is 30.4 Å². The molecule has 0 aliphatic heterocycles. The zero-order valence-electron chi connectivity index (χ0n) is 18.0. The van der Waals surface area contributed by atoms with E-state index in [0.29, 0.717) is 17.2 Å². The van der Waals surface area contributed by atoms with Crippen LogP contribution >= 0.6 is 0 Å². The highest BCUT2D eigenvalue weighted by Crippen LogP contribution is 2.41. The van der Waals surface area contributed by atoms with Crippen LogP contribution in [-0.4, -0.2) is 31.5 Å². The maximum Gasteiger partial charge on any atom is 0.253 e. The Labute approximate surface area is 183 Å². The van der Waals surface area contributed by atoms with Crippen molar-refractivity contribution in [1.29, 1.82) is 0 Å². The van der Waals surface area contributed by atoms with Gasteiger partial charge in [0.1, 0.15) is 5.75 Å². The van der Waals surface area contributed by atoms with Crippen LogP contribution in [0.3, 0.4) is 0 Å². The van der Waals surface area contributed by atoms with Crippen LogP contribution in [0.5, 0.6) is 5.75 Å². The first-order chi connectivity index (χ1) is 15.1. The van der Waals surface area contributed by atoms with E-state index in [2.05, 4.69) is 28.1 Å². The molecular weight excluding hydrogens is 390 g/mol. The lowest BCUT2D eigenvalue weighted by Gasteiger charge is -2.19. The number of hydrogen-bond donors (Lipinski definition) is 3. The first-order valence-corrected chi connectivity index (χ1v) is 11.2. The molecule has 0 bridgehead atoms. The van der Waals surface area contributed by atoms with Crippen LogP contribution in [0.4, 0.5) is 5.69 Å². The fourth-order valence-electron chi connectivity index (χ4n) is 4.32. The first kappa shape index (κ1) is 21.4. The van der Waals surface area contributed by atoms with Crippen LogP contribution in [0.15, 0.2) is 48.5 Å². The number of benzene rings is 2. The van der Waals surface area contributed by atoms with E-state index in [0.717, 1.165) is 49.8 Å². The highest BCUT2D eigenvalue weighted by atomic mass is 16.5. The normalized spacial score (nSPS) is 17.2. The molecule has 2 aromatic rings. The minimum atomic E-state index is -0.153. The fourth-order valence-corrected chi connectivity index (χ4v) is 4.32. The van der Waals surface area contributed by atoms with E-state index in [9.17, 15) is 9.59 Å². The Morgan fingerprint density at radius 3 is 2.39 bits per heavy atom. The summed E-state index contributed by atoms with van der Waals surface area (Å²) in [6, 6.07) is 15.6. The molecule has 3 N–H and O–H groups in total. The highest BCUT2D eigenvalue weighted by molar-refractivity contribution is 6.04. The number of methoxy groups -OCH3 is 1. The molecule has 0 aromatic heterocycles. The second kappa shape index (κ2) is 9.96. The molecule has 0 radical (unpaired) electrons. The summed E-state index contributed by atoms with van der Waals surface area (Å²) < 4.78 is 5.24. The van der Waals surface area contributed by atoms with Crippen molar-refractivity contribution in [1.82, 2.24) is 10.6 Å². The van der Waals surface area contributed by atoms with Crippen LogP contribution in [0, 0.1) is 5.92 Å². The third-order valence-electron chi connectivity index (χ3n) is 6.19. The molecule has 4 rings (SSSR count). The molecular formula is C25H31N3O3. The third kappa shape index (κ3) is 5.64. The lowest BCUT2D eigenvalue weighted by molar-refractivity contribution is -0.115. The van der Waals surface area contributed by atoms with E-state index < -0.39 is 0 Å². The van der Waals surface area contributed by atoms with Gasteiger partial charge in [0.15, 0.2) is 0 Å². The van der Waals surface area contributed by atoms with Gasteiger partial charge in [-0.2, -0.15) is 0 Å². The Bertz CT molecular complexity index is 902. The molecule has 0 spiro atoms. The average molecular weight is 422 g/mol. The second-order valence-corrected chi connectivity index (χ2v) is 8.52. The smallest absolute Gasteiger partial charge is 0.253 e. The van der Waals surface area contributed by atoms with Crippen LogP contribution in [-0.2, 0) is 4.79 Å². The lowest BCUT2D eigenvalue weighted by atomic mass is 10.0. The van der Waals surface area contributed by atoms with Crippen molar-refractivity contribution >= 4 is 17.5 Å². The van der Waals surface area contributed by atoms with Crippen molar-refractivity contribution < 1.29 is 14.3 Å². The molecule has 6 nitrogen and oxygen atoms in total. The molecule has 2 aromatic carbocycles. The van der Waals surface area contributed by atoms with Gasteiger partial charge in [-0.3, -0.25) is 9.59 Å². The van der Waals surface area contributed by atoms with E-state index in [1.807, 2.05) is 24.3 Å². The van der Waals surface area contributed by atoms with E-state index in [1.54, 1.807) is 19.2 Å². The van der Waals surface area contributed by atoms with Crippen molar-refractivity contribution in [2.75, 3.05) is 19.0 Å². The van der Waals surface area contributed by atoms with Gasteiger partial charge in [-0.1, -0.05) is 37.1 Å². The maximum atomic E-state index is 12.7. The SMILES string of the molecule is COc1ccc(C(NCC(=O)Nc2ccccc2C(=O)NC2CCCC2)C2CC2)cc1. The molecule has 0 saturated heterocycles. The minimum absolute atomic E-state index is 0.121. The van der Waals surface area contributed by atoms with Crippen molar-refractivity contribution in [2.45, 2.75) is 50.6 Å². The zero-order chi connectivity index (χ0) is 21.6. The largest absolute Gasteiger partial charge is 0.497 e. The monoisotopic (exact) mass is 421 g/mol. The Kier molecular flexibility index (Phi) is 6.87. The van der Waals surface area contributed by atoms with Crippen LogP contribution in [0.1, 0.15) is 60.5 Å². The summed E-state index contributed by atoms with van der Waals surface area (Å²) in [7, 11) is 1.65. The summed E-state index contributed by atoms with van der Waals surface area (Å²) in [4.78, 5) is 25.4. The van der Waals surface area contributed by atoms with Gasteiger partial charge in [-0.25, -0.2) is 0 Å². The topological polar surface area (TPSA) is 79.5 Å². The molecule has 2 saturated carbocycles. The molecule has 6 heteroatoms. The van der Waals surface area contributed by atoms with Gasteiger partial charge in [0.2, 0.25) is 5.91 Å². The van der Waals surface area contributed by atoms with E-state index >= 15 is 0 Å². The number of rotatable bonds is 9. The van der Waals surface area contributed by atoms with Gasteiger partial charge in [0, 0.05) is 12.1 Å². The summed E-state index contributed by atoms with van der Waals surface area (Å²) in [5, 5.41) is 9.42. The Morgan fingerprint density at radius 1 is 1.00 bits per heavy atom. The quantitative estimate of drug-likeness (QED) is 0.571. The summed E-state index contributed by atoms with van der Waals surface area (Å²) in [5.41, 5.74) is 2.22. The zero-order valence-corrected chi connectivity index (χ0v) is 18.0. The number of para-hydroxylation sites is 1. The van der Waals surface area contributed by atoms with Crippen molar-refractivity contribution in [3.05, 3.63) is 59.7 Å². The Balaban J connectivity index is 1.36. The van der Waals surface area contributed by atoms with Crippen LogP contribution in [0.2, 0.25) is 0 Å². The number of hydrogen-bond acceptors (Lipinski definition) is 4. The maximum absolute atomic E-state index is 12.7. The third-order valence-corrected chi connectivity index (χ3v) is 6.19. The molecule has 1 unspecified atom stereocenters. The average Bonchev–Trinajstić information content (AvgIpc) is 3.50. The Morgan fingerprint density at radius 2 is 1.71 bits per heavy atom. The molecule has 31 heavy (non-hydrogen) atoms. The number of amides is 2. The number of carbonyl (C=O) groups excluding carboxylic acids is 2. The second-order valence-electron chi connectivity index (χ2n) is 8.52. The molecule has 2 aliphatic carbocycles. The lowest BCUT2D eigenvalue weighted by Crippen LogP contribution is -2.35. The molecule has 0 heterocycles. The molecule has 2 amide bonds. The summed E-state index contributed by atoms with van der Waals surface area (Å²) >= 11 is 0. The number of ether oxygens (including phenoxy) is 1. The highest BCUT2D eigenvalue weighted by Gasteiger charge is 2.32. The van der Waals surface area contributed by atoms with Crippen LogP contribution < -0.4 is 20.7 Å². The van der Waals surface area contributed by atoms with Gasteiger partial charge >= 0.3 is 0 Å². The minimum Gasteiger partial charge on any atom is -0.497 e. The predicted molar refractivity (Wildman–Crippen MR) is 121 cm³/mol. The van der Waals surface area contributed by atoms with E-state index in [1.165, 1.54) is 0 Å². The van der Waals surface area contributed by atoms with Gasteiger partial charge < -0.3 is 20.7 Å². The van der Waals surface area contributed by atoms with E-state index in [4.69, 9.17) is 4.74 Å². The fraction of sp³-hybridized carbons (Fsp3) is 0.440. The summed E-state index contributed by atoms with van der Waals surface area (Å²) in [5.74, 6) is 1.10. The van der Waals surface area contributed by atoms with Crippen LogP contribution in [0.25, 0.3) is 0 Å².